The van der Waals surface area contributed by atoms with Crippen LogP contribution < -0.4 is 10.5 Å². The number of hydrogen-bond donors (Lipinski definition) is 2. The van der Waals surface area contributed by atoms with E-state index in [1.165, 1.54) is 17.4 Å². The summed E-state index contributed by atoms with van der Waals surface area (Å²) in [6.07, 6.45) is 0. The smallest absolute Gasteiger partial charge is 0.240 e. The summed E-state index contributed by atoms with van der Waals surface area (Å²) in [4.78, 5) is 5.20. The van der Waals surface area contributed by atoms with Gasteiger partial charge in [-0.25, -0.2) is 18.1 Å². The van der Waals surface area contributed by atoms with Crippen molar-refractivity contribution in [2.45, 2.75) is 32.2 Å². The van der Waals surface area contributed by atoms with Crippen LogP contribution >= 0.6 is 11.3 Å². The molecule has 0 bridgehead atoms. The van der Waals surface area contributed by atoms with Gasteiger partial charge in [-0.05, 0) is 44.0 Å². The minimum absolute atomic E-state index is 0.195. The predicted octanol–water partition coefficient (Wildman–Crippen LogP) is 2.13. The Morgan fingerprint density at radius 2 is 2.00 bits per heavy atom. The van der Waals surface area contributed by atoms with Crippen LogP contribution in [-0.2, 0) is 16.6 Å². The van der Waals surface area contributed by atoms with Crippen LogP contribution in [0, 0.1) is 20.8 Å². The minimum Gasteiger partial charge on any atom is -0.398 e. The van der Waals surface area contributed by atoms with E-state index in [4.69, 9.17) is 5.73 Å². The zero-order valence-corrected chi connectivity index (χ0v) is 13.2. The van der Waals surface area contributed by atoms with Gasteiger partial charge in [0.2, 0.25) is 10.0 Å². The summed E-state index contributed by atoms with van der Waals surface area (Å²) in [6.45, 7) is 5.81. The molecule has 108 valence electrons. The van der Waals surface area contributed by atoms with E-state index in [-0.39, 0.29) is 11.4 Å². The molecule has 0 atom stereocenters. The maximum absolute atomic E-state index is 12.3. The normalized spacial score (nSPS) is 11.8. The summed E-state index contributed by atoms with van der Waals surface area (Å²) in [6, 6.07) is 3.12. The van der Waals surface area contributed by atoms with Crippen molar-refractivity contribution in [3.63, 3.8) is 0 Å². The lowest BCUT2D eigenvalue weighted by molar-refractivity contribution is 0.581. The first kappa shape index (κ1) is 15.0. The number of rotatable bonds is 4. The highest BCUT2D eigenvalue weighted by atomic mass is 32.2. The van der Waals surface area contributed by atoms with Crippen LogP contribution in [0.1, 0.15) is 21.7 Å². The number of aromatic nitrogens is 1. The number of thiazole rings is 1. The van der Waals surface area contributed by atoms with Crippen molar-refractivity contribution in [2.24, 2.45) is 0 Å². The molecule has 0 saturated heterocycles. The highest BCUT2D eigenvalue weighted by molar-refractivity contribution is 7.89. The minimum atomic E-state index is -3.57. The summed E-state index contributed by atoms with van der Waals surface area (Å²) in [5.41, 5.74) is 10.6. The average molecular weight is 311 g/mol. The molecule has 0 unspecified atom stereocenters. The third-order valence-electron chi connectivity index (χ3n) is 3.26. The van der Waals surface area contributed by atoms with Gasteiger partial charge in [0, 0.05) is 17.1 Å². The second-order valence-corrected chi connectivity index (χ2v) is 7.35. The summed E-state index contributed by atoms with van der Waals surface area (Å²) < 4.78 is 27.1. The van der Waals surface area contributed by atoms with E-state index >= 15 is 0 Å². The third kappa shape index (κ3) is 3.00. The summed E-state index contributed by atoms with van der Waals surface area (Å²) in [5, 5.41) is 0. The van der Waals surface area contributed by atoms with Gasteiger partial charge in [0.1, 0.15) is 0 Å². The molecule has 3 N–H and O–H groups in total. The predicted molar refractivity (Wildman–Crippen MR) is 81.2 cm³/mol. The standard InChI is InChI=1S/C13H17N3O2S2/c1-8-4-11(5-12(14)9(8)2)20(17,18)16-6-13-10(3)15-7-19-13/h4-5,7,16H,6,14H2,1-3H3. The summed E-state index contributed by atoms with van der Waals surface area (Å²) >= 11 is 1.43. The Hall–Kier alpha value is -1.44. The third-order valence-corrected chi connectivity index (χ3v) is 5.57. The zero-order chi connectivity index (χ0) is 14.9. The number of nitrogen functional groups attached to an aromatic ring is 1. The molecule has 7 heteroatoms. The van der Waals surface area contributed by atoms with Gasteiger partial charge in [-0.2, -0.15) is 0 Å². The fourth-order valence-corrected chi connectivity index (χ4v) is 3.67. The topological polar surface area (TPSA) is 85.1 Å². The number of aryl methyl sites for hydroxylation is 2. The molecule has 2 aromatic rings. The lowest BCUT2D eigenvalue weighted by Gasteiger charge is -2.10. The molecule has 1 heterocycles. The molecule has 0 saturated carbocycles. The maximum Gasteiger partial charge on any atom is 0.240 e. The molecule has 1 aromatic carbocycles. The van der Waals surface area contributed by atoms with E-state index in [1.807, 2.05) is 20.8 Å². The van der Waals surface area contributed by atoms with Crippen molar-refractivity contribution in [1.29, 1.82) is 0 Å². The molecular formula is C13H17N3O2S2. The molecule has 5 nitrogen and oxygen atoms in total. The van der Waals surface area contributed by atoms with Crippen molar-refractivity contribution in [3.05, 3.63) is 39.3 Å². The Morgan fingerprint density at radius 1 is 1.30 bits per heavy atom. The Kier molecular flexibility index (Phi) is 4.12. The van der Waals surface area contributed by atoms with Gasteiger partial charge in [-0.3, -0.25) is 0 Å². The molecular weight excluding hydrogens is 294 g/mol. The Labute approximate surface area is 122 Å². The lowest BCUT2D eigenvalue weighted by atomic mass is 10.1. The number of nitrogens with two attached hydrogens (primary N) is 1. The van der Waals surface area contributed by atoms with E-state index in [9.17, 15) is 8.42 Å². The number of nitrogens with one attached hydrogen (secondary N) is 1. The SMILES string of the molecule is Cc1cc(S(=O)(=O)NCc2scnc2C)cc(N)c1C. The van der Waals surface area contributed by atoms with Gasteiger partial charge in [0.15, 0.2) is 0 Å². The maximum atomic E-state index is 12.3. The van der Waals surface area contributed by atoms with Crippen LogP contribution in [0.5, 0.6) is 0 Å². The van der Waals surface area contributed by atoms with Gasteiger partial charge >= 0.3 is 0 Å². The number of anilines is 1. The molecule has 0 aliphatic heterocycles. The van der Waals surface area contributed by atoms with Crippen molar-refractivity contribution >= 4 is 27.0 Å². The number of sulfonamides is 1. The van der Waals surface area contributed by atoms with Crippen LogP contribution in [-0.4, -0.2) is 13.4 Å². The van der Waals surface area contributed by atoms with Crippen molar-refractivity contribution in [1.82, 2.24) is 9.71 Å². The molecule has 2 rings (SSSR count). The molecule has 0 fully saturated rings. The highest BCUT2D eigenvalue weighted by Crippen LogP contribution is 2.22. The molecule has 0 amide bonds. The second-order valence-electron chi connectivity index (χ2n) is 4.64. The molecule has 0 radical (unpaired) electrons. The van der Waals surface area contributed by atoms with Crippen LogP contribution in [0.2, 0.25) is 0 Å². The highest BCUT2D eigenvalue weighted by Gasteiger charge is 2.17. The molecule has 20 heavy (non-hydrogen) atoms. The molecule has 0 spiro atoms. The van der Waals surface area contributed by atoms with Gasteiger partial charge in [0.25, 0.3) is 0 Å². The molecule has 0 aliphatic rings. The average Bonchev–Trinajstić information content (AvgIpc) is 2.78. The number of benzene rings is 1. The second kappa shape index (κ2) is 5.51. The quantitative estimate of drug-likeness (QED) is 0.847. The zero-order valence-electron chi connectivity index (χ0n) is 11.6. The van der Waals surface area contributed by atoms with Crippen LogP contribution in [0.15, 0.2) is 22.5 Å². The first-order valence-corrected chi connectivity index (χ1v) is 8.43. The number of nitrogens with zero attached hydrogens (tertiary/aromatic N) is 1. The van der Waals surface area contributed by atoms with E-state index < -0.39 is 10.0 Å². The first-order chi connectivity index (χ1) is 9.31. The van der Waals surface area contributed by atoms with E-state index in [2.05, 4.69) is 9.71 Å². The fourth-order valence-electron chi connectivity index (χ4n) is 1.75. The van der Waals surface area contributed by atoms with E-state index in [0.717, 1.165) is 21.7 Å². The monoisotopic (exact) mass is 311 g/mol. The molecule has 1 aromatic heterocycles. The van der Waals surface area contributed by atoms with Gasteiger partial charge < -0.3 is 5.73 Å². The van der Waals surface area contributed by atoms with Crippen LogP contribution in [0.4, 0.5) is 5.69 Å². The number of hydrogen-bond acceptors (Lipinski definition) is 5. The Balaban J connectivity index is 2.25. The molecule has 0 aliphatic carbocycles. The van der Waals surface area contributed by atoms with Crippen LogP contribution in [0.25, 0.3) is 0 Å². The largest absolute Gasteiger partial charge is 0.398 e. The first-order valence-electron chi connectivity index (χ1n) is 6.06. The summed E-state index contributed by atoms with van der Waals surface area (Å²) in [5.74, 6) is 0. The lowest BCUT2D eigenvalue weighted by Crippen LogP contribution is -2.23. The van der Waals surface area contributed by atoms with Crippen molar-refractivity contribution in [2.75, 3.05) is 5.73 Å². The van der Waals surface area contributed by atoms with Gasteiger partial charge in [-0.15, -0.1) is 11.3 Å². The summed E-state index contributed by atoms with van der Waals surface area (Å²) in [7, 11) is -3.57. The van der Waals surface area contributed by atoms with Gasteiger partial charge in [0.05, 0.1) is 16.1 Å². The Morgan fingerprint density at radius 3 is 2.55 bits per heavy atom. The van der Waals surface area contributed by atoms with Gasteiger partial charge in [-0.1, -0.05) is 0 Å². The van der Waals surface area contributed by atoms with E-state index in [0.29, 0.717) is 5.69 Å². The fraction of sp³-hybridized carbons (Fsp3) is 0.308. The van der Waals surface area contributed by atoms with Crippen molar-refractivity contribution in [3.8, 4) is 0 Å². The Bertz CT molecular complexity index is 713. The van der Waals surface area contributed by atoms with E-state index in [1.54, 1.807) is 11.6 Å². The van der Waals surface area contributed by atoms with Crippen LogP contribution in [0.3, 0.4) is 0 Å². The van der Waals surface area contributed by atoms with Crippen molar-refractivity contribution < 1.29 is 8.42 Å².